The van der Waals surface area contributed by atoms with Gasteiger partial charge in [0, 0.05) is 11.4 Å². The maximum atomic E-state index is 13.0. The highest BCUT2D eigenvalue weighted by molar-refractivity contribution is 7.92. The van der Waals surface area contributed by atoms with E-state index >= 15 is 0 Å². The van der Waals surface area contributed by atoms with Crippen LogP contribution in [-0.2, 0) is 16.2 Å². The molecule has 0 aliphatic heterocycles. The minimum absolute atomic E-state index is 0.0141. The first-order valence-corrected chi connectivity index (χ1v) is 11.4. The van der Waals surface area contributed by atoms with Gasteiger partial charge in [0.2, 0.25) is 10.0 Å². The number of hydrogen-bond acceptors (Lipinski definition) is 5. The van der Waals surface area contributed by atoms with Gasteiger partial charge in [-0.1, -0.05) is 13.0 Å². The Balaban J connectivity index is 1.79. The number of carbonyl (C=O) groups excluding carboxylic acids is 1. The topological polar surface area (TPSA) is 102 Å². The molecule has 0 unspecified atom stereocenters. The van der Waals surface area contributed by atoms with Crippen LogP contribution in [0.5, 0.6) is 5.75 Å². The summed E-state index contributed by atoms with van der Waals surface area (Å²) < 4.78 is 71.4. The second kappa shape index (κ2) is 9.53. The van der Waals surface area contributed by atoms with E-state index in [-0.39, 0.29) is 22.9 Å². The van der Waals surface area contributed by atoms with Gasteiger partial charge in [-0.15, -0.1) is 0 Å². The van der Waals surface area contributed by atoms with Crippen LogP contribution in [0.3, 0.4) is 0 Å². The second-order valence-electron chi connectivity index (χ2n) is 6.99. The van der Waals surface area contributed by atoms with Crippen molar-refractivity contribution in [2.24, 2.45) is 0 Å². The minimum Gasteiger partial charge on any atom is -0.493 e. The van der Waals surface area contributed by atoms with E-state index in [1.54, 1.807) is 6.92 Å². The summed E-state index contributed by atoms with van der Waals surface area (Å²) in [4.78, 5) is 12.7. The summed E-state index contributed by atoms with van der Waals surface area (Å²) in [7, 11) is -2.14. The van der Waals surface area contributed by atoms with Gasteiger partial charge in [0.15, 0.2) is 11.4 Å². The first-order chi connectivity index (χ1) is 15.5. The van der Waals surface area contributed by atoms with E-state index in [1.807, 2.05) is 0 Å². The number of carbonyl (C=O) groups is 1. The van der Waals surface area contributed by atoms with Crippen molar-refractivity contribution in [3.05, 3.63) is 66.0 Å². The van der Waals surface area contributed by atoms with Crippen LogP contribution < -0.4 is 14.8 Å². The number of hydrogen-bond donors (Lipinski definition) is 2. The summed E-state index contributed by atoms with van der Waals surface area (Å²) >= 11 is 0. The lowest BCUT2D eigenvalue weighted by Gasteiger charge is -2.09. The molecule has 0 aliphatic carbocycles. The SMILES string of the molecule is CCCS(=O)(=O)Nc1ccc(NC(=O)c2nn(-c3cccc(C(F)(F)F)c3)cc2OC)cc1. The predicted octanol–water partition coefficient (Wildman–Crippen LogP) is 4.30. The summed E-state index contributed by atoms with van der Waals surface area (Å²) in [5.74, 6) is -0.606. The van der Waals surface area contributed by atoms with Crippen LogP contribution in [0.2, 0.25) is 0 Å². The molecule has 1 amide bonds. The lowest BCUT2D eigenvalue weighted by atomic mass is 10.2. The fourth-order valence-corrected chi connectivity index (χ4v) is 4.07. The highest BCUT2D eigenvalue weighted by Gasteiger charge is 2.30. The highest BCUT2D eigenvalue weighted by Crippen LogP contribution is 2.31. The third-order valence-corrected chi connectivity index (χ3v) is 5.94. The summed E-state index contributed by atoms with van der Waals surface area (Å²) in [6, 6.07) is 10.5. The molecule has 0 saturated heterocycles. The van der Waals surface area contributed by atoms with Crippen molar-refractivity contribution < 1.29 is 31.1 Å². The number of sulfonamides is 1. The van der Waals surface area contributed by atoms with Crippen LogP contribution in [-0.4, -0.2) is 37.0 Å². The minimum atomic E-state index is -4.52. The number of amides is 1. The van der Waals surface area contributed by atoms with Gasteiger partial charge < -0.3 is 10.1 Å². The van der Waals surface area contributed by atoms with E-state index in [0.717, 1.165) is 16.8 Å². The molecule has 3 aromatic rings. The number of aromatic nitrogens is 2. The molecular weight excluding hydrogens is 461 g/mol. The quantitative estimate of drug-likeness (QED) is 0.498. The number of alkyl halides is 3. The summed E-state index contributed by atoms with van der Waals surface area (Å²) in [6.07, 6.45) is -2.75. The van der Waals surface area contributed by atoms with Crippen LogP contribution in [0.25, 0.3) is 5.69 Å². The Morgan fingerprint density at radius 2 is 1.79 bits per heavy atom. The summed E-state index contributed by atoms with van der Waals surface area (Å²) in [5.41, 5.74) is -0.189. The van der Waals surface area contributed by atoms with Crippen molar-refractivity contribution in [2.75, 3.05) is 22.9 Å². The first-order valence-electron chi connectivity index (χ1n) is 9.75. The van der Waals surface area contributed by atoms with Crippen molar-refractivity contribution in [3.63, 3.8) is 0 Å². The molecule has 0 radical (unpaired) electrons. The van der Waals surface area contributed by atoms with Crippen molar-refractivity contribution in [1.82, 2.24) is 9.78 Å². The largest absolute Gasteiger partial charge is 0.493 e. The molecule has 33 heavy (non-hydrogen) atoms. The molecule has 2 aromatic carbocycles. The zero-order chi connectivity index (χ0) is 24.2. The van der Waals surface area contributed by atoms with Crippen LogP contribution in [0.4, 0.5) is 24.5 Å². The average molecular weight is 482 g/mol. The van der Waals surface area contributed by atoms with Crippen molar-refractivity contribution in [2.45, 2.75) is 19.5 Å². The van der Waals surface area contributed by atoms with Crippen LogP contribution in [0, 0.1) is 0 Å². The van der Waals surface area contributed by atoms with Crippen LogP contribution >= 0.6 is 0 Å². The van der Waals surface area contributed by atoms with Gasteiger partial charge in [-0.2, -0.15) is 18.3 Å². The van der Waals surface area contributed by atoms with Crippen molar-refractivity contribution in [3.8, 4) is 11.4 Å². The van der Waals surface area contributed by atoms with E-state index < -0.39 is 27.7 Å². The molecule has 3 rings (SSSR count). The molecule has 0 saturated carbocycles. The van der Waals surface area contributed by atoms with Gasteiger partial charge in [0.25, 0.3) is 5.91 Å². The van der Waals surface area contributed by atoms with E-state index in [9.17, 15) is 26.4 Å². The molecule has 2 N–H and O–H groups in total. The Morgan fingerprint density at radius 3 is 2.39 bits per heavy atom. The number of methoxy groups -OCH3 is 1. The Labute approximate surface area is 188 Å². The lowest BCUT2D eigenvalue weighted by Crippen LogP contribution is -2.16. The number of benzene rings is 2. The normalized spacial score (nSPS) is 11.8. The smallest absolute Gasteiger partial charge is 0.416 e. The molecule has 12 heteroatoms. The van der Waals surface area contributed by atoms with Crippen molar-refractivity contribution >= 4 is 27.3 Å². The summed E-state index contributed by atoms with van der Waals surface area (Å²) in [5, 5.41) is 6.67. The zero-order valence-corrected chi connectivity index (χ0v) is 18.5. The Hall–Kier alpha value is -3.54. The number of anilines is 2. The Morgan fingerprint density at radius 1 is 1.12 bits per heavy atom. The van der Waals surface area contributed by atoms with Crippen LogP contribution in [0.15, 0.2) is 54.7 Å². The second-order valence-corrected chi connectivity index (χ2v) is 8.83. The monoisotopic (exact) mass is 482 g/mol. The molecule has 0 atom stereocenters. The predicted molar refractivity (Wildman–Crippen MR) is 117 cm³/mol. The van der Waals surface area contributed by atoms with E-state index in [4.69, 9.17) is 4.74 Å². The molecule has 1 aromatic heterocycles. The molecule has 0 aliphatic rings. The van der Waals surface area contributed by atoms with Crippen LogP contribution in [0.1, 0.15) is 29.4 Å². The Kier molecular flexibility index (Phi) is 6.96. The molecule has 176 valence electrons. The van der Waals surface area contributed by atoms with Gasteiger partial charge in [-0.3, -0.25) is 9.52 Å². The fraction of sp³-hybridized carbons (Fsp3) is 0.238. The van der Waals surface area contributed by atoms with Gasteiger partial charge in [-0.05, 0) is 48.9 Å². The first kappa shape index (κ1) is 24.1. The summed E-state index contributed by atoms with van der Waals surface area (Å²) in [6.45, 7) is 1.75. The molecule has 0 bridgehead atoms. The van der Waals surface area contributed by atoms with E-state index in [2.05, 4.69) is 15.1 Å². The molecule has 1 heterocycles. The number of rotatable bonds is 8. The Bertz CT molecular complexity index is 1240. The van der Waals surface area contributed by atoms with Gasteiger partial charge in [-0.25, -0.2) is 13.1 Å². The molecule has 0 spiro atoms. The van der Waals surface area contributed by atoms with E-state index in [0.29, 0.717) is 17.8 Å². The molecular formula is C21H21F3N4O4S. The lowest BCUT2D eigenvalue weighted by molar-refractivity contribution is -0.137. The van der Waals surface area contributed by atoms with Gasteiger partial charge >= 0.3 is 6.18 Å². The standard InChI is InChI=1S/C21H21F3N4O4S/c1-3-11-33(30,31)27-16-9-7-15(8-10-16)25-20(29)19-18(32-2)13-28(26-19)17-6-4-5-14(12-17)21(22,23)24/h4-10,12-13,27H,3,11H2,1-2H3,(H,25,29). The number of nitrogens with one attached hydrogen (secondary N) is 2. The third kappa shape index (κ3) is 6.04. The number of ether oxygens (including phenoxy) is 1. The van der Waals surface area contributed by atoms with E-state index in [1.165, 1.54) is 49.7 Å². The third-order valence-electron chi connectivity index (χ3n) is 4.44. The highest BCUT2D eigenvalue weighted by atomic mass is 32.2. The molecule has 0 fully saturated rings. The number of nitrogens with zero attached hydrogens (tertiary/aromatic N) is 2. The maximum Gasteiger partial charge on any atom is 0.416 e. The number of halogens is 3. The van der Waals surface area contributed by atoms with Gasteiger partial charge in [0.1, 0.15) is 0 Å². The average Bonchev–Trinajstić information content (AvgIpc) is 3.19. The van der Waals surface area contributed by atoms with Gasteiger partial charge in [0.05, 0.1) is 30.3 Å². The fourth-order valence-electron chi connectivity index (χ4n) is 2.93. The molecule has 8 nitrogen and oxygen atoms in total. The maximum absolute atomic E-state index is 13.0. The zero-order valence-electron chi connectivity index (χ0n) is 17.7. The van der Waals surface area contributed by atoms with Crippen molar-refractivity contribution in [1.29, 1.82) is 0 Å².